The summed E-state index contributed by atoms with van der Waals surface area (Å²) in [6.07, 6.45) is 1.09. The van der Waals surface area contributed by atoms with Crippen LogP contribution in [0.3, 0.4) is 0 Å². The standard InChI is InChI=1S/C17H20N4O4S/c1-9-15(17(24)25)26-14(19-9)6-7-18-16(23)13-8-12(20-21-13)10-2-4-11(22)5-3-10/h2-5,12-13,20-22H,6-8H2,1H3,(H,18,23)(H,24,25). The van der Waals surface area contributed by atoms with Crippen LogP contribution in [0.4, 0.5) is 0 Å². The van der Waals surface area contributed by atoms with E-state index < -0.39 is 5.97 Å². The molecule has 1 aliphatic heterocycles. The number of carbonyl (C=O) groups is 2. The van der Waals surface area contributed by atoms with Gasteiger partial charge in [-0.3, -0.25) is 4.79 Å². The van der Waals surface area contributed by atoms with Crippen molar-refractivity contribution < 1.29 is 19.8 Å². The summed E-state index contributed by atoms with van der Waals surface area (Å²) in [4.78, 5) is 27.8. The number of nitrogens with one attached hydrogen (secondary N) is 3. The summed E-state index contributed by atoms with van der Waals surface area (Å²) < 4.78 is 0. The van der Waals surface area contributed by atoms with E-state index in [1.807, 2.05) is 12.1 Å². The van der Waals surface area contributed by atoms with Gasteiger partial charge in [0.15, 0.2) is 0 Å². The molecule has 5 N–H and O–H groups in total. The third-order valence-electron chi connectivity index (χ3n) is 4.19. The quantitative estimate of drug-likeness (QED) is 0.512. The van der Waals surface area contributed by atoms with Crippen LogP contribution in [0.25, 0.3) is 0 Å². The summed E-state index contributed by atoms with van der Waals surface area (Å²) in [5.74, 6) is -0.889. The monoisotopic (exact) mass is 376 g/mol. The first-order chi connectivity index (χ1) is 12.4. The summed E-state index contributed by atoms with van der Waals surface area (Å²) in [6, 6.07) is 6.50. The lowest BCUT2D eigenvalue weighted by Crippen LogP contribution is -2.43. The molecule has 2 heterocycles. The maximum Gasteiger partial charge on any atom is 0.347 e. The molecule has 138 valence electrons. The molecular weight excluding hydrogens is 356 g/mol. The van der Waals surface area contributed by atoms with E-state index in [0.717, 1.165) is 16.9 Å². The molecule has 2 atom stereocenters. The van der Waals surface area contributed by atoms with E-state index in [1.165, 1.54) is 0 Å². The van der Waals surface area contributed by atoms with E-state index >= 15 is 0 Å². The molecule has 0 saturated carbocycles. The van der Waals surface area contributed by atoms with Crippen LogP contribution in [-0.4, -0.2) is 39.7 Å². The second-order valence-electron chi connectivity index (χ2n) is 6.09. The molecule has 1 amide bonds. The molecule has 1 aliphatic rings. The Morgan fingerprint density at radius 1 is 1.31 bits per heavy atom. The minimum Gasteiger partial charge on any atom is -0.508 e. The van der Waals surface area contributed by atoms with E-state index in [0.29, 0.717) is 30.1 Å². The number of rotatable bonds is 6. The van der Waals surface area contributed by atoms with Gasteiger partial charge in [0.2, 0.25) is 5.91 Å². The number of thiazole rings is 1. The Labute approximate surface area is 154 Å². The summed E-state index contributed by atoms with van der Waals surface area (Å²) >= 11 is 1.14. The SMILES string of the molecule is Cc1nc(CCNC(=O)C2CC(c3ccc(O)cc3)NN2)sc1C(=O)O. The third-order valence-corrected chi connectivity index (χ3v) is 5.39. The predicted octanol–water partition coefficient (Wildman–Crippen LogP) is 1.12. The Balaban J connectivity index is 1.47. The molecule has 0 radical (unpaired) electrons. The molecule has 9 heteroatoms. The van der Waals surface area contributed by atoms with Gasteiger partial charge in [-0.2, -0.15) is 0 Å². The fraction of sp³-hybridized carbons (Fsp3) is 0.353. The largest absolute Gasteiger partial charge is 0.508 e. The molecule has 1 fully saturated rings. The number of nitrogens with zero attached hydrogens (tertiary/aromatic N) is 1. The zero-order valence-electron chi connectivity index (χ0n) is 14.2. The summed E-state index contributed by atoms with van der Waals surface area (Å²) in [5, 5.41) is 21.9. The van der Waals surface area contributed by atoms with Crippen molar-refractivity contribution in [2.45, 2.75) is 31.8 Å². The summed E-state index contributed by atoms with van der Waals surface area (Å²) in [5.41, 5.74) is 7.56. The molecule has 2 aromatic rings. The van der Waals surface area contributed by atoms with Crippen LogP contribution in [0, 0.1) is 6.92 Å². The average molecular weight is 376 g/mol. The number of aromatic carboxylic acids is 1. The van der Waals surface area contributed by atoms with E-state index in [4.69, 9.17) is 5.11 Å². The number of carboxylic acids is 1. The second-order valence-corrected chi connectivity index (χ2v) is 7.17. The van der Waals surface area contributed by atoms with Crippen LogP contribution < -0.4 is 16.2 Å². The van der Waals surface area contributed by atoms with Crippen LogP contribution in [-0.2, 0) is 11.2 Å². The molecule has 3 rings (SSSR count). The molecule has 0 spiro atoms. The molecule has 2 unspecified atom stereocenters. The first-order valence-corrected chi connectivity index (χ1v) is 9.03. The number of aromatic hydroxyl groups is 1. The Kier molecular flexibility index (Phi) is 5.50. The molecular formula is C17H20N4O4S. The van der Waals surface area contributed by atoms with Crippen molar-refractivity contribution in [3.63, 3.8) is 0 Å². The highest BCUT2D eigenvalue weighted by atomic mass is 32.1. The number of hydrogen-bond acceptors (Lipinski definition) is 7. The Morgan fingerprint density at radius 3 is 2.69 bits per heavy atom. The molecule has 1 aromatic heterocycles. The normalized spacial score (nSPS) is 19.4. The molecule has 0 aliphatic carbocycles. The Hall–Kier alpha value is -2.49. The van der Waals surface area contributed by atoms with Crippen molar-refractivity contribution in [3.05, 3.63) is 45.4 Å². The van der Waals surface area contributed by atoms with E-state index in [9.17, 15) is 14.7 Å². The number of aryl methyl sites for hydroxylation is 1. The van der Waals surface area contributed by atoms with Crippen molar-refractivity contribution in [3.8, 4) is 5.75 Å². The van der Waals surface area contributed by atoms with Crippen molar-refractivity contribution in [1.29, 1.82) is 0 Å². The molecule has 1 aromatic carbocycles. The summed E-state index contributed by atoms with van der Waals surface area (Å²) in [7, 11) is 0. The number of carboxylic acid groups (broad SMARTS) is 1. The highest BCUT2D eigenvalue weighted by molar-refractivity contribution is 7.13. The van der Waals surface area contributed by atoms with E-state index in [1.54, 1.807) is 19.1 Å². The van der Waals surface area contributed by atoms with Gasteiger partial charge in [-0.25, -0.2) is 20.6 Å². The molecule has 26 heavy (non-hydrogen) atoms. The maximum absolute atomic E-state index is 12.3. The first kappa shape index (κ1) is 18.3. The molecule has 0 bridgehead atoms. The van der Waals surface area contributed by atoms with Gasteiger partial charge in [-0.1, -0.05) is 12.1 Å². The van der Waals surface area contributed by atoms with Crippen molar-refractivity contribution in [1.82, 2.24) is 21.2 Å². The smallest absolute Gasteiger partial charge is 0.347 e. The fourth-order valence-corrected chi connectivity index (χ4v) is 3.73. The van der Waals surface area contributed by atoms with Gasteiger partial charge in [0.1, 0.15) is 16.7 Å². The zero-order valence-corrected chi connectivity index (χ0v) is 15.0. The number of amides is 1. The molecule has 1 saturated heterocycles. The lowest BCUT2D eigenvalue weighted by molar-refractivity contribution is -0.122. The number of carbonyl (C=O) groups excluding carboxylic acids is 1. The lowest BCUT2D eigenvalue weighted by atomic mass is 10.0. The van der Waals surface area contributed by atoms with Crippen LogP contribution in [0.15, 0.2) is 24.3 Å². The fourth-order valence-electron chi connectivity index (χ4n) is 2.83. The van der Waals surface area contributed by atoms with E-state index in [-0.39, 0.29) is 28.6 Å². The van der Waals surface area contributed by atoms with Gasteiger partial charge in [0, 0.05) is 19.0 Å². The Morgan fingerprint density at radius 2 is 2.04 bits per heavy atom. The van der Waals surface area contributed by atoms with E-state index in [2.05, 4.69) is 21.2 Å². The van der Waals surface area contributed by atoms with Gasteiger partial charge < -0.3 is 15.5 Å². The number of benzene rings is 1. The van der Waals surface area contributed by atoms with Crippen LogP contribution in [0.1, 0.15) is 38.4 Å². The van der Waals surface area contributed by atoms with Gasteiger partial charge in [-0.15, -0.1) is 11.3 Å². The topological polar surface area (TPSA) is 124 Å². The van der Waals surface area contributed by atoms with Gasteiger partial charge >= 0.3 is 5.97 Å². The van der Waals surface area contributed by atoms with Gasteiger partial charge in [0.05, 0.1) is 10.7 Å². The number of aromatic nitrogens is 1. The average Bonchev–Trinajstić information content (AvgIpc) is 3.22. The maximum atomic E-state index is 12.3. The lowest BCUT2D eigenvalue weighted by Gasteiger charge is -2.10. The zero-order chi connectivity index (χ0) is 18.7. The number of phenolic OH excluding ortho intramolecular Hbond substituents is 1. The summed E-state index contributed by atoms with van der Waals surface area (Å²) in [6.45, 7) is 2.06. The first-order valence-electron chi connectivity index (χ1n) is 8.21. The van der Waals surface area contributed by atoms with Crippen LogP contribution >= 0.6 is 11.3 Å². The van der Waals surface area contributed by atoms with Gasteiger partial charge in [0.25, 0.3) is 0 Å². The van der Waals surface area contributed by atoms with Crippen LogP contribution in [0.2, 0.25) is 0 Å². The number of phenols is 1. The highest BCUT2D eigenvalue weighted by Crippen LogP contribution is 2.24. The highest BCUT2D eigenvalue weighted by Gasteiger charge is 2.29. The van der Waals surface area contributed by atoms with Crippen molar-refractivity contribution in [2.24, 2.45) is 0 Å². The Bertz CT molecular complexity index is 806. The molecule has 8 nitrogen and oxygen atoms in total. The predicted molar refractivity (Wildman–Crippen MR) is 96.0 cm³/mol. The second kappa shape index (κ2) is 7.81. The minimum absolute atomic E-state index is 0.00825. The number of hydrogen-bond donors (Lipinski definition) is 5. The van der Waals surface area contributed by atoms with Gasteiger partial charge in [-0.05, 0) is 31.0 Å². The van der Waals surface area contributed by atoms with Crippen molar-refractivity contribution in [2.75, 3.05) is 6.54 Å². The minimum atomic E-state index is -0.975. The third kappa shape index (κ3) is 4.18. The number of hydrazine groups is 1. The van der Waals surface area contributed by atoms with Crippen molar-refractivity contribution >= 4 is 23.2 Å². The van der Waals surface area contributed by atoms with Crippen LogP contribution in [0.5, 0.6) is 5.75 Å².